The fourth-order valence-electron chi connectivity index (χ4n) is 3.13. The van der Waals surface area contributed by atoms with Crippen LogP contribution < -0.4 is 15.4 Å². The molecule has 0 saturated heterocycles. The number of nitrogens with one attached hydrogen (secondary N) is 2. The van der Waals surface area contributed by atoms with Gasteiger partial charge in [-0.1, -0.05) is 48.5 Å². The van der Waals surface area contributed by atoms with Gasteiger partial charge in [0.05, 0.1) is 12.2 Å². The van der Waals surface area contributed by atoms with Gasteiger partial charge in [-0.3, -0.25) is 9.59 Å². The first-order valence-corrected chi connectivity index (χ1v) is 10.7. The van der Waals surface area contributed by atoms with E-state index >= 15 is 0 Å². The lowest BCUT2D eigenvalue weighted by Gasteiger charge is -2.12. The predicted octanol–water partition coefficient (Wildman–Crippen LogP) is 4.93. The molecular weight excluding hydrogens is 404 g/mol. The Morgan fingerprint density at radius 1 is 0.812 bits per heavy atom. The molecule has 32 heavy (non-hydrogen) atoms. The maximum atomic E-state index is 12.8. The number of ether oxygens (including phenoxy) is 2. The van der Waals surface area contributed by atoms with Crippen LogP contribution >= 0.6 is 0 Å². The van der Waals surface area contributed by atoms with Crippen molar-refractivity contribution in [3.05, 3.63) is 90.0 Å². The molecule has 2 N–H and O–H groups in total. The first-order valence-electron chi connectivity index (χ1n) is 10.7. The van der Waals surface area contributed by atoms with Crippen LogP contribution in [-0.4, -0.2) is 31.6 Å². The Morgan fingerprint density at radius 2 is 1.53 bits per heavy atom. The molecule has 0 heterocycles. The Bertz CT molecular complexity index is 1020. The monoisotopic (exact) mass is 432 g/mol. The van der Waals surface area contributed by atoms with E-state index in [0.717, 1.165) is 5.56 Å². The maximum absolute atomic E-state index is 12.8. The van der Waals surface area contributed by atoms with E-state index in [2.05, 4.69) is 10.6 Å². The van der Waals surface area contributed by atoms with Gasteiger partial charge in [-0.05, 0) is 49.2 Å². The minimum Gasteiger partial charge on any atom is -0.490 e. The number of para-hydroxylation sites is 1. The van der Waals surface area contributed by atoms with Gasteiger partial charge in [0.15, 0.2) is 0 Å². The van der Waals surface area contributed by atoms with Gasteiger partial charge in [0.1, 0.15) is 12.4 Å². The predicted molar refractivity (Wildman–Crippen MR) is 126 cm³/mol. The van der Waals surface area contributed by atoms with E-state index in [1.54, 1.807) is 42.5 Å². The summed E-state index contributed by atoms with van der Waals surface area (Å²) in [6.45, 7) is 3.35. The molecular formula is C26H28N2O4. The van der Waals surface area contributed by atoms with E-state index in [0.29, 0.717) is 55.4 Å². The van der Waals surface area contributed by atoms with Gasteiger partial charge in [-0.2, -0.15) is 0 Å². The van der Waals surface area contributed by atoms with Crippen LogP contribution in [0.5, 0.6) is 5.75 Å². The van der Waals surface area contributed by atoms with Crippen molar-refractivity contribution in [1.82, 2.24) is 0 Å². The average Bonchev–Trinajstić information content (AvgIpc) is 2.82. The van der Waals surface area contributed by atoms with E-state index < -0.39 is 0 Å². The van der Waals surface area contributed by atoms with Crippen LogP contribution in [0.4, 0.5) is 11.4 Å². The van der Waals surface area contributed by atoms with Crippen LogP contribution in [0, 0.1) is 0 Å². The lowest BCUT2D eigenvalue weighted by Crippen LogP contribution is -2.16. The van der Waals surface area contributed by atoms with Crippen LogP contribution in [-0.2, 0) is 16.0 Å². The van der Waals surface area contributed by atoms with Crippen molar-refractivity contribution < 1.29 is 19.1 Å². The number of hydrogen-bond donors (Lipinski definition) is 2. The van der Waals surface area contributed by atoms with E-state index in [-0.39, 0.29) is 11.8 Å². The van der Waals surface area contributed by atoms with Gasteiger partial charge < -0.3 is 20.1 Å². The van der Waals surface area contributed by atoms with Crippen LogP contribution in [0.3, 0.4) is 0 Å². The Balaban J connectivity index is 1.57. The molecule has 0 fully saturated rings. The molecule has 3 aromatic carbocycles. The lowest BCUT2D eigenvalue weighted by atomic mass is 10.1. The molecule has 0 bridgehead atoms. The summed E-state index contributed by atoms with van der Waals surface area (Å²) in [6.07, 6.45) is 1.05. The molecule has 3 aromatic rings. The van der Waals surface area contributed by atoms with E-state index in [1.165, 1.54) is 0 Å². The van der Waals surface area contributed by atoms with Gasteiger partial charge in [0.2, 0.25) is 5.91 Å². The first kappa shape index (κ1) is 23.0. The van der Waals surface area contributed by atoms with Crippen molar-refractivity contribution in [1.29, 1.82) is 0 Å². The normalized spacial score (nSPS) is 10.4. The number of carbonyl (C=O) groups excluding carboxylic acids is 2. The Labute approximate surface area is 188 Å². The van der Waals surface area contributed by atoms with Crippen LogP contribution in [0.1, 0.15) is 29.3 Å². The fourth-order valence-corrected chi connectivity index (χ4v) is 3.13. The topological polar surface area (TPSA) is 76.7 Å². The van der Waals surface area contributed by atoms with Crippen LogP contribution in [0.15, 0.2) is 78.9 Å². The second kappa shape index (κ2) is 12.3. The summed E-state index contributed by atoms with van der Waals surface area (Å²) in [5.41, 5.74) is 2.76. The van der Waals surface area contributed by atoms with Crippen molar-refractivity contribution in [2.24, 2.45) is 0 Å². The fraction of sp³-hybridized carbons (Fsp3) is 0.231. The van der Waals surface area contributed by atoms with Gasteiger partial charge in [-0.15, -0.1) is 0 Å². The zero-order valence-electron chi connectivity index (χ0n) is 18.2. The van der Waals surface area contributed by atoms with Gasteiger partial charge in [0, 0.05) is 24.4 Å². The number of hydrogen-bond acceptors (Lipinski definition) is 4. The van der Waals surface area contributed by atoms with Gasteiger partial charge in [-0.25, -0.2) is 0 Å². The summed E-state index contributed by atoms with van der Waals surface area (Å²) >= 11 is 0. The second-order valence-corrected chi connectivity index (χ2v) is 7.11. The molecule has 0 unspecified atom stereocenters. The number of rotatable bonds is 11. The average molecular weight is 433 g/mol. The molecule has 6 heteroatoms. The quantitative estimate of drug-likeness (QED) is 0.422. The minimum absolute atomic E-state index is 0.0784. The number of aryl methyl sites for hydroxylation is 1. The SMILES string of the molecule is CCOCCOc1ccccc1C(=O)Nc1cccc(NC(=O)CCc2ccccc2)c1. The molecule has 0 atom stereocenters. The second-order valence-electron chi connectivity index (χ2n) is 7.11. The first-order chi connectivity index (χ1) is 15.7. The Hall–Kier alpha value is -3.64. The molecule has 6 nitrogen and oxygen atoms in total. The smallest absolute Gasteiger partial charge is 0.259 e. The van der Waals surface area contributed by atoms with E-state index in [1.807, 2.05) is 43.3 Å². The molecule has 0 aromatic heterocycles. The number of benzene rings is 3. The standard InChI is InChI=1S/C26H28N2O4/c1-2-31-17-18-32-24-14-7-6-13-23(24)26(30)28-22-12-8-11-21(19-22)27-25(29)16-15-20-9-4-3-5-10-20/h3-14,19H,2,15-18H2,1H3,(H,27,29)(H,28,30). The lowest BCUT2D eigenvalue weighted by molar-refractivity contribution is -0.116. The molecule has 0 radical (unpaired) electrons. The summed E-state index contributed by atoms with van der Waals surface area (Å²) in [6, 6.07) is 24.0. The number of anilines is 2. The van der Waals surface area contributed by atoms with Crippen molar-refractivity contribution in [3.8, 4) is 5.75 Å². The van der Waals surface area contributed by atoms with Gasteiger partial charge >= 0.3 is 0 Å². The molecule has 166 valence electrons. The highest BCUT2D eigenvalue weighted by Crippen LogP contribution is 2.21. The van der Waals surface area contributed by atoms with E-state index in [9.17, 15) is 9.59 Å². The zero-order valence-corrected chi connectivity index (χ0v) is 18.2. The highest BCUT2D eigenvalue weighted by Gasteiger charge is 2.13. The van der Waals surface area contributed by atoms with Crippen molar-refractivity contribution >= 4 is 23.2 Å². The third-order valence-corrected chi connectivity index (χ3v) is 4.71. The third-order valence-electron chi connectivity index (χ3n) is 4.71. The Kier molecular flexibility index (Phi) is 8.83. The van der Waals surface area contributed by atoms with Crippen molar-refractivity contribution in [2.45, 2.75) is 19.8 Å². The minimum atomic E-state index is -0.287. The van der Waals surface area contributed by atoms with Crippen LogP contribution in [0.25, 0.3) is 0 Å². The summed E-state index contributed by atoms with van der Waals surface area (Å²) in [4.78, 5) is 25.1. The number of amides is 2. The maximum Gasteiger partial charge on any atom is 0.259 e. The Morgan fingerprint density at radius 3 is 2.31 bits per heavy atom. The van der Waals surface area contributed by atoms with Crippen molar-refractivity contribution in [3.63, 3.8) is 0 Å². The largest absolute Gasteiger partial charge is 0.490 e. The number of carbonyl (C=O) groups is 2. The summed E-state index contributed by atoms with van der Waals surface area (Å²) in [5.74, 6) is 0.130. The zero-order chi connectivity index (χ0) is 22.6. The molecule has 0 saturated carbocycles. The molecule has 2 amide bonds. The van der Waals surface area contributed by atoms with Crippen LogP contribution in [0.2, 0.25) is 0 Å². The highest BCUT2D eigenvalue weighted by molar-refractivity contribution is 6.06. The summed E-state index contributed by atoms with van der Waals surface area (Å²) < 4.78 is 11.0. The van der Waals surface area contributed by atoms with E-state index in [4.69, 9.17) is 9.47 Å². The molecule has 3 rings (SSSR count). The van der Waals surface area contributed by atoms with Gasteiger partial charge in [0.25, 0.3) is 5.91 Å². The molecule has 0 spiro atoms. The third kappa shape index (κ3) is 7.25. The molecule has 0 aliphatic heterocycles. The molecule has 0 aliphatic carbocycles. The molecule has 0 aliphatic rings. The van der Waals surface area contributed by atoms with Crippen molar-refractivity contribution in [2.75, 3.05) is 30.5 Å². The summed E-state index contributed by atoms with van der Waals surface area (Å²) in [5, 5.41) is 5.76. The highest BCUT2D eigenvalue weighted by atomic mass is 16.5. The summed E-state index contributed by atoms with van der Waals surface area (Å²) in [7, 11) is 0.